The summed E-state index contributed by atoms with van der Waals surface area (Å²) < 4.78 is 0. The number of pyridine rings is 1. The van der Waals surface area contributed by atoms with Gasteiger partial charge in [-0.1, -0.05) is 57.6 Å². The molecule has 1 rings (SSSR count). The second-order valence-electron chi connectivity index (χ2n) is 6.77. The van der Waals surface area contributed by atoms with Crippen LogP contribution in [-0.2, 0) is 4.79 Å². The van der Waals surface area contributed by atoms with Crippen LogP contribution in [0.25, 0.3) is 6.08 Å². The van der Waals surface area contributed by atoms with Crippen molar-refractivity contribution in [3.8, 4) is 0 Å². The quantitative estimate of drug-likeness (QED) is 0.424. The van der Waals surface area contributed by atoms with Crippen LogP contribution in [0.1, 0.15) is 88.6 Å². The van der Waals surface area contributed by atoms with E-state index in [4.69, 9.17) is 5.11 Å². The van der Waals surface area contributed by atoms with Crippen LogP contribution in [0.2, 0.25) is 0 Å². The number of carboxylic acids is 1. The summed E-state index contributed by atoms with van der Waals surface area (Å²) in [6, 6.07) is 5.36. The van der Waals surface area contributed by atoms with Gasteiger partial charge in [-0.2, -0.15) is 0 Å². The molecule has 146 valence electrons. The minimum Gasteiger partial charge on any atom is -0.481 e. The number of hydrogen-bond donors (Lipinski definition) is 3. The predicted octanol–water partition coefficient (Wildman–Crippen LogP) is 4.49. The first kappa shape index (κ1) is 22.3. The maximum Gasteiger partial charge on any atom is 0.303 e. The molecule has 0 bridgehead atoms. The molecule has 1 heterocycles. The molecule has 3 N–H and O–H groups in total. The minimum atomic E-state index is -0.860. The van der Waals surface area contributed by atoms with Crippen LogP contribution in [0.5, 0.6) is 0 Å². The van der Waals surface area contributed by atoms with Gasteiger partial charge in [0.05, 0.1) is 23.6 Å². The fourth-order valence-electron chi connectivity index (χ4n) is 2.78. The van der Waals surface area contributed by atoms with E-state index in [2.05, 4.69) is 11.9 Å². The predicted molar refractivity (Wildman–Crippen MR) is 104 cm³/mol. The molecule has 2 unspecified atom stereocenters. The summed E-state index contributed by atoms with van der Waals surface area (Å²) >= 11 is 0. The number of aliphatic hydroxyl groups is 2. The molecule has 0 saturated heterocycles. The molecule has 1 aromatic heterocycles. The van der Waals surface area contributed by atoms with Crippen LogP contribution >= 0.6 is 0 Å². The zero-order chi connectivity index (χ0) is 19.2. The molecular formula is C21H33NO4. The van der Waals surface area contributed by atoms with Gasteiger partial charge in [0.2, 0.25) is 0 Å². The van der Waals surface area contributed by atoms with Gasteiger partial charge in [0, 0.05) is 6.42 Å². The van der Waals surface area contributed by atoms with E-state index >= 15 is 0 Å². The van der Waals surface area contributed by atoms with Crippen molar-refractivity contribution in [3.63, 3.8) is 0 Å². The van der Waals surface area contributed by atoms with Gasteiger partial charge in [-0.05, 0) is 37.5 Å². The standard InChI is InChI=1S/C21H33NO4/c1-2-3-4-5-6-7-11-18(23)16-15-17-10-8-12-19(22-17)20(24)13-9-14-21(25)26/h8,10,12,15-16,18,20,23-24H,2-7,9,11,13-14H2,1H3,(H,25,26). The summed E-state index contributed by atoms with van der Waals surface area (Å²) in [5.74, 6) is -0.860. The third kappa shape index (κ3) is 10.3. The second kappa shape index (κ2) is 13.5. The summed E-state index contributed by atoms with van der Waals surface area (Å²) in [6.07, 6.45) is 11.0. The van der Waals surface area contributed by atoms with Gasteiger partial charge in [-0.15, -0.1) is 0 Å². The van der Waals surface area contributed by atoms with Crippen molar-refractivity contribution in [1.29, 1.82) is 0 Å². The Morgan fingerprint density at radius 1 is 1.08 bits per heavy atom. The topological polar surface area (TPSA) is 90.7 Å². The minimum absolute atomic E-state index is 0.0429. The molecular weight excluding hydrogens is 330 g/mol. The van der Waals surface area contributed by atoms with Gasteiger partial charge >= 0.3 is 5.97 Å². The van der Waals surface area contributed by atoms with Crippen LogP contribution < -0.4 is 0 Å². The number of carboxylic acid groups (broad SMARTS) is 1. The van der Waals surface area contributed by atoms with Crippen molar-refractivity contribution >= 4 is 12.0 Å². The highest BCUT2D eigenvalue weighted by Gasteiger charge is 2.10. The Balaban J connectivity index is 2.39. The molecule has 0 aromatic carbocycles. The molecule has 26 heavy (non-hydrogen) atoms. The number of rotatable bonds is 14. The number of carbonyl (C=O) groups is 1. The van der Waals surface area contributed by atoms with Crippen LogP contribution in [0, 0.1) is 0 Å². The first-order chi connectivity index (χ1) is 12.5. The molecule has 0 spiro atoms. The van der Waals surface area contributed by atoms with Gasteiger partial charge in [-0.3, -0.25) is 9.78 Å². The third-order valence-corrected chi connectivity index (χ3v) is 4.34. The largest absolute Gasteiger partial charge is 0.481 e. The summed E-state index contributed by atoms with van der Waals surface area (Å²) in [4.78, 5) is 14.9. The third-order valence-electron chi connectivity index (χ3n) is 4.34. The van der Waals surface area contributed by atoms with Crippen molar-refractivity contribution in [2.24, 2.45) is 0 Å². The molecule has 0 aliphatic carbocycles. The van der Waals surface area contributed by atoms with Crippen molar-refractivity contribution in [1.82, 2.24) is 4.98 Å². The maximum absolute atomic E-state index is 10.5. The van der Waals surface area contributed by atoms with Crippen molar-refractivity contribution in [3.05, 3.63) is 35.7 Å². The lowest BCUT2D eigenvalue weighted by Gasteiger charge is -2.10. The zero-order valence-electron chi connectivity index (χ0n) is 15.8. The van der Waals surface area contributed by atoms with Crippen molar-refractivity contribution < 1.29 is 20.1 Å². The highest BCUT2D eigenvalue weighted by atomic mass is 16.4. The average Bonchev–Trinajstić information content (AvgIpc) is 2.62. The Hall–Kier alpha value is -1.72. The SMILES string of the molecule is CCCCCCCCC(O)C=Cc1cccc(C(O)CCCC(=O)O)n1. The number of hydrogen-bond acceptors (Lipinski definition) is 4. The monoisotopic (exact) mass is 363 g/mol. The van der Waals surface area contributed by atoms with Crippen LogP contribution in [0.3, 0.4) is 0 Å². The number of aliphatic hydroxyl groups excluding tert-OH is 2. The van der Waals surface area contributed by atoms with Crippen LogP contribution in [0.15, 0.2) is 24.3 Å². The zero-order valence-corrected chi connectivity index (χ0v) is 15.8. The lowest BCUT2D eigenvalue weighted by Crippen LogP contribution is -2.04. The molecule has 2 atom stereocenters. The van der Waals surface area contributed by atoms with E-state index < -0.39 is 18.2 Å². The molecule has 0 fully saturated rings. The molecule has 5 heteroatoms. The number of unbranched alkanes of at least 4 members (excludes halogenated alkanes) is 5. The van der Waals surface area contributed by atoms with Crippen LogP contribution in [-0.4, -0.2) is 32.4 Å². The number of aliphatic carboxylic acids is 1. The molecule has 1 aromatic rings. The van der Waals surface area contributed by atoms with E-state index in [0.717, 1.165) is 19.3 Å². The van der Waals surface area contributed by atoms with E-state index in [0.29, 0.717) is 24.2 Å². The summed E-state index contributed by atoms with van der Waals surface area (Å²) in [7, 11) is 0. The lowest BCUT2D eigenvalue weighted by molar-refractivity contribution is -0.137. The Labute approximate surface area is 156 Å². The van der Waals surface area contributed by atoms with E-state index in [1.54, 1.807) is 18.2 Å². The lowest BCUT2D eigenvalue weighted by atomic mass is 10.1. The van der Waals surface area contributed by atoms with Crippen molar-refractivity contribution in [2.75, 3.05) is 0 Å². The molecule has 0 amide bonds. The normalized spacial score (nSPS) is 13.8. The first-order valence-electron chi connectivity index (χ1n) is 9.76. The van der Waals surface area contributed by atoms with E-state index in [1.807, 2.05) is 12.1 Å². The highest BCUT2D eigenvalue weighted by Crippen LogP contribution is 2.18. The van der Waals surface area contributed by atoms with Gasteiger partial charge in [0.15, 0.2) is 0 Å². The van der Waals surface area contributed by atoms with Crippen LogP contribution in [0.4, 0.5) is 0 Å². The Kier molecular flexibility index (Phi) is 11.6. The van der Waals surface area contributed by atoms with E-state index in [-0.39, 0.29) is 6.42 Å². The fraction of sp³-hybridized carbons (Fsp3) is 0.619. The fourth-order valence-corrected chi connectivity index (χ4v) is 2.78. The Bertz CT molecular complexity index is 545. The summed E-state index contributed by atoms with van der Waals surface area (Å²) in [5, 5.41) is 28.8. The Morgan fingerprint density at radius 3 is 2.54 bits per heavy atom. The average molecular weight is 363 g/mol. The maximum atomic E-state index is 10.5. The highest BCUT2D eigenvalue weighted by molar-refractivity contribution is 5.66. The molecule has 0 aliphatic heterocycles. The van der Waals surface area contributed by atoms with Gasteiger partial charge in [-0.25, -0.2) is 0 Å². The Morgan fingerprint density at radius 2 is 1.81 bits per heavy atom. The number of aromatic nitrogens is 1. The van der Waals surface area contributed by atoms with Gasteiger partial charge in [0.1, 0.15) is 0 Å². The van der Waals surface area contributed by atoms with Crippen molar-refractivity contribution in [2.45, 2.75) is 83.3 Å². The molecule has 0 aliphatic rings. The summed E-state index contributed by atoms with van der Waals surface area (Å²) in [6.45, 7) is 2.20. The van der Waals surface area contributed by atoms with Gasteiger partial charge in [0.25, 0.3) is 0 Å². The van der Waals surface area contributed by atoms with Gasteiger partial charge < -0.3 is 15.3 Å². The molecule has 0 saturated carbocycles. The van der Waals surface area contributed by atoms with E-state index in [1.165, 1.54) is 25.7 Å². The first-order valence-corrected chi connectivity index (χ1v) is 9.76. The number of nitrogens with zero attached hydrogens (tertiary/aromatic N) is 1. The molecule has 5 nitrogen and oxygen atoms in total. The smallest absolute Gasteiger partial charge is 0.303 e. The second-order valence-corrected chi connectivity index (χ2v) is 6.77. The van der Waals surface area contributed by atoms with E-state index in [9.17, 15) is 15.0 Å². The summed E-state index contributed by atoms with van der Waals surface area (Å²) in [5.41, 5.74) is 1.21. The molecule has 0 radical (unpaired) electrons.